The predicted octanol–water partition coefficient (Wildman–Crippen LogP) is -0.565. The molecule has 1 aromatic rings. The molecule has 0 aromatic carbocycles. The molecule has 1 heterocycles. The minimum absolute atomic E-state index is 0.535. The van der Waals surface area contributed by atoms with E-state index in [0.29, 0.717) is 0 Å². The molecular formula is C4H4F3N5O. The summed E-state index contributed by atoms with van der Waals surface area (Å²) in [6.45, 7) is 0. The number of halogens is 3. The number of carbonyl (C=O) groups is 1. The molecule has 1 aromatic heterocycles. The lowest BCUT2D eigenvalue weighted by Gasteiger charge is -2.05. The van der Waals surface area contributed by atoms with Crippen molar-refractivity contribution in [3.8, 4) is 0 Å². The van der Waals surface area contributed by atoms with Gasteiger partial charge < -0.3 is 11.5 Å². The Balaban J connectivity index is 3.22. The number of anilines is 1. The summed E-state index contributed by atoms with van der Waals surface area (Å²) >= 11 is 0. The Morgan fingerprint density at radius 3 is 2.23 bits per heavy atom. The van der Waals surface area contributed by atoms with Crippen LogP contribution >= 0.6 is 0 Å². The number of amides is 1. The number of aromatic nitrogens is 3. The fourth-order valence-corrected chi connectivity index (χ4v) is 0.652. The van der Waals surface area contributed by atoms with E-state index >= 15 is 0 Å². The maximum absolute atomic E-state index is 12.0. The zero-order valence-corrected chi connectivity index (χ0v) is 6.04. The Morgan fingerprint density at radius 2 is 2.00 bits per heavy atom. The van der Waals surface area contributed by atoms with Crippen LogP contribution in [0.1, 0.15) is 10.5 Å². The smallest absolute Gasteiger partial charge is 0.382 e. The normalized spacial score (nSPS) is 11.6. The van der Waals surface area contributed by atoms with Crippen molar-refractivity contribution < 1.29 is 18.0 Å². The molecule has 0 bridgehead atoms. The van der Waals surface area contributed by atoms with Gasteiger partial charge in [-0.15, -0.1) is 23.0 Å². The monoisotopic (exact) mass is 195 g/mol. The van der Waals surface area contributed by atoms with E-state index < -0.39 is 28.4 Å². The first-order valence-corrected chi connectivity index (χ1v) is 2.92. The molecule has 0 radical (unpaired) electrons. The number of primary amides is 1. The van der Waals surface area contributed by atoms with Gasteiger partial charge in [-0.3, -0.25) is 4.79 Å². The highest BCUT2D eigenvalue weighted by Crippen LogP contribution is 2.24. The topological polar surface area (TPSA) is 99.8 Å². The van der Waals surface area contributed by atoms with E-state index in [2.05, 4.69) is 16.0 Å². The van der Waals surface area contributed by atoms with Crippen molar-refractivity contribution in [3.63, 3.8) is 0 Å². The van der Waals surface area contributed by atoms with E-state index in [9.17, 15) is 18.0 Å². The van der Waals surface area contributed by atoms with Crippen LogP contribution < -0.4 is 11.5 Å². The first-order valence-electron chi connectivity index (χ1n) is 2.92. The molecule has 0 spiro atoms. The van der Waals surface area contributed by atoms with Crippen LogP contribution in [0.5, 0.6) is 0 Å². The average Bonchev–Trinajstić information content (AvgIpc) is 2.28. The molecule has 1 rings (SSSR count). The average molecular weight is 195 g/mol. The molecule has 1 amide bonds. The standard InChI is InChI=1S/C4H4F3N5O/c5-4(6,7)12-2(8)1(3(9)13)10-11-12/h8H2,(H2,9,13). The molecule has 0 saturated carbocycles. The molecule has 0 aliphatic heterocycles. The molecule has 6 nitrogen and oxygen atoms in total. The second-order valence-electron chi connectivity index (χ2n) is 2.07. The number of rotatable bonds is 1. The van der Waals surface area contributed by atoms with Crippen molar-refractivity contribution in [2.24, 2.45) is 5.73 Å². The van der Waals surface area contributed by atoms with Gasteiger partial charge in [0.1, 0.15) is 0 Å². The molecule has 0 aliphatic carbocycles. The highest BCUT2D eigenvalue weighted by atomic mass is 19.4. The van der Waals surface area contributed by atoms with Gasteiger partial charge in [0.25, 0.3) is 5.91 Å². The SMILES string of the molecule is NC(=O)c1nnn(C(F)(F)F)c1N. The molecular weight excluding hydrogens is 191 g/mol. The number of nitrogen functional groups attached to an aromatic ring is 1. The van der Waals surface area contributed by atoms with E-state index in [1.54, 1.807) is 0 Å². The summed E-state index contributed by atoms with van der Waals surface area (Å²) in [6, 6.07) is 0. The van der Waals surface area contributed by atoms with Crippen LogP contribution in [0.15, 0.2) is 0 Å². The molecule has 9 heteroatoms. The lowest BCUT2D eigenvalue weighted by molar-refractivity contribution is -0.211. The fourth-order valence-electron chi connectivity index (χ4n) is 0.652. The van der Waals surface area contributed by atoms with Crippen LogP contribution in [0.3, 0.4) is 0 Å². The molecule has 4 N–H and O–H groups in total. The first-order chi connectivity index (χ1) is 5.84. The van der Waals surface area contributed by atoms with Gasteiger partial charge in [-0.1, -0.05) is 5.21 Å². The summed E-state index contributed by atoms with van der Waals surface area (Å²) in [4.78, 5) is 10.4. The van der Waals surface area contributed by atoms with Crippen molar-refractivity contribution in [2.75, 3.05) is 5.73 Å². The second kappa shape index (κ2) is 2.61. The summed E-state index contributed by atoms with van der Waals surface area (Å²) in [5, 5.41) is 5.50. The van der Waals surface area contributed by atoms with E-state index in [0.717, 1.165) is 0 Å². The van der Waals surface area contributed by atoms with E-state index in [1.807, 2.05) is 0 Å². The van der Waals surface area contributed by atoms with Gasteiger partial charge in [-0.25, -0.2) is 0 Å². The van der Waals surface area contributed by atoms with Gasteiger partial charge in [0, 0.05) is 0 Å². The van der Waals surface area contributed by atoms with Crippen molar-refractivity contribution in [2.45, 2.75) is 6.30 Å². The van der Waals surface area contributed by atoms with Gasteiger partial charge in [-0.05, 0) is 0 Å². The summed E-state index contributed by atoms with van der Waals surface area (Å²) < 4.78 is 35.3. The van der Waals surface area contributed by atoms with Crippen LogP contribution in [0.4, 0.5) is 19.0 Å². The number of nitrogens with zero attached hydrogens (tertiary/aromatic N) is 3. The fraction of sp³-hybridized carbons (Fsp3) is 0.250. The van der Waals surface area contributed by atoms with Crippen molar-refractivity contribution in [3.05, 3.63) is 5.69 Å². The largest absolute Gasteiger partial charge is 0.507 e. The van der Waals surface area contributed by atoms with Gasteiger partial charge in [0.05, 0.1) is 0 Å². The van der Waals surface area contributed by atoms with Crippen LogP contribution in [-0.4, -0.2) is 20.9 Å². The van der Waals surface area contributed by atoms with Gasteiger partial charge in [0.15, 0.2) is 11.5 Å². The first kappa shape index (κ1) is 9.29. The Kier molecular flexibility index (Phi) is 1.86. The third-order valence-corrected chi connectivity index (χ3v) is 1.18. The maximum atomic E-state index is 12.0. The van der Waals surface area contributed by atoms with Crippen molar-refractivity contribution >= 4 is 11.7 Å². The number of nitrogens with two attached hydrogens (primary N) is 2. The highest BCUT2D eigenvalue weighted by molar-refractivity contribution is 5.94. The van der Waals surface area contributed by atoms with Crippen LogP contribution in [0.25, 0.3) is 0 Å². The quantitative estimate of drug-likeness (QED) is 0.626. The molecule has 0 atom stereocenters. The lowest BCUT2D eigenvalue weighted by Crippen LogP contribution is -2.21. The van der Waals surface area contributed by atoms with Crippen LogP contribution in [0.2, 0.25) is 0 Å². The lowest BCUT2D eigenvalue weighted by atomic mass is 10.4. The Labute approximate surface area is 69.3 Å². The predicted molar refractivity (Wildman–Crippen MR) is 34.3 cm³/mol. The van der Waals surface area contributed by atoms with Crippen LogP contribution in [0, 0.1) is 0 Å². The Morgan fingerprint density at radius 1 is 1.46 bits per heavy atom. The zero-order valence-electron chi connectivity index (χ0n) is 6.04. The minimum atomic E-state index is -4.80. The van der Waals surface area contributed by atoms with E-state index in [-0.39, 0.29) is 0 Å². The zero-order chi connectivity index (χ0) is 10.2. The molecule has 0 saturated heterocycles. The number of carbonyl (C=O) groups excluding carboxylic acids is 1. The van der Waals surface area contributed by atoms with Crippen molar-refractivity contribution in [1.29, 1.82) is 0 Å². The molecule has 13 heavy (non-hydrogen) atoms. The minimum Gasteiger partial charge on any atom is -0.382 e. The summed E-state index contributed by atoms with van der Waals surface area (Å²) in [5.41, 5.74) is 8.88. The van der Waals surface area contributed by atoms with Crippen LogP contribution in [-0.2, 0) is 6.30 Å². The third kappa shape index (κ3) is 1.53. The van der Waals surface area contributed by atoms with Gasteiger partial charge >= 0.3 is 6.30 Å². The Bertz CT molecular complexity index is 342. The molecule has 0 aliphatic rings. The van der Waals surface area contributed by atoms with Gasteiger partial charge in [-0.2, -0.15) is 0 Å². The summed E-state index contributed by atoms with van der Waals surface area (Å²) in [6.07, 6.45) is -4.80. The maximum Gasteiger partial charge on any atom is 0.507 e. The molecule has 72 valence electrons. The van der Waals surface area contributed by atoms with E-state index in [1.165, 1.54) is 0 Å². The number of alkyl halides is 3. The molecule has 0 unspecified atom stereocenters. The number of hydrogen-bond acceptors (Lipinski definition) is 4. The van der Waals surface area contributed by atoms with Crippen molar-refractivity contribution in [1.82, 2.24) is 15.0 Å². The van der Waals surface area contributed by atoms with E-state index in [4.69, 9.17) is 5.73 Å². The summed E-state index contributed by atoms with van der Waals surface area (Å²) in [5.74, 6) is -2.08. The number of hydrogen-bond donors (Lipinski definition) is 2. The van der Waals surface area contributed by atoms with Gasteiger partial charge in [0.2, 0.25) is 0 Å². The molecule has 0 fully saturated rings. The third-order valence-electron chi connectivity index (χ3n) is 1.18. The Hall–Kier alpha value is -1.80. The highest BCUT2D eigenvalue weighted by Gasteiger charge is 2.36. The second-order valence-corrected chi connectivity index (χ2v) is 2.07. The summed E-state index contributed by atoms with van der Waals surface area (Å²) in [7, 11) is 0.